The van der Waals surface area contributed by atoms with E-state index in [2.05, 4.69) is 51.9 Å². The van der Waals surface area contributed by atoms with E-state index in [-0.39, 0.29) is 12.2 Å². The highest BCUT2D eigenvalue weighted by molar-refractivity contribution is 7.99. The number of nitrogens with one attached hydrogen (secondary N) is 2. The number of hydrogen-bond acceptors (Lipinski definition) is 11. The Bertz CT molecular complexity index is 1390. The van der Waals surface area contributed by atoms with Gasteiger partial charge in [0.2, 0.25) is 12.8 Å². The molecule has 2 aromatic carbocycles. The summed E-state index contributed by atoms with van der Waals surface area (Å²) in [5.41, 5.74) is 6.72. The second kappa shape index (κ2) is 18.5. The molecular formula is C32H40N6O6S. The number of amides is 2. The molecule has 3 aliphatic rings. The van der Waals surface area contributed by atoms with Crippen LogP contribution in [0.15, 0.2) is 75.7 Å². The number of hydrogen-bond donors (Lipinski definition) is 3. The fraction of sp³-hybridized carbons (Fsp3) is 0.344. The van der Waals surface area contributed by atoms with Gasteiger partial charge in [-0.2, -0.15) is 0 Å². The van der Waals surface area contributed by atoms with Gasteiger partial charge in [0.15, 0.2) is 5.79 Å². The Morgan fingerprint density at radius 3 is 2.51 bits per heavy atom. The number of primary amides is 1. The second-order valence-electron chi connectivity index (χ2n) is 10.1. The number of aldehydes is 1. The molecule has 0 bridgehead atoms. The van der Waals surface area contributed by atoms with Crippen molar-refractivity contribution in [2.75, 3.05) is 45.2 Å². The monoisotopic (exact) mass is 636 g/mol. The molecule has 2 fully saturated rings. The number of rotatable bonds is 8. The van der Waals surface area contributed by atoms with Gasteiger partial charge in [0.05, 0.1) is 41.4 Å². The number of nitrogens with zero attached hydrogens (tertiary/aromatic N) is 3. The molecule has 0 aliphatic carbocycles. The largest absolute Gasteiger partial charge is 0.455 e. The molecule has 240 valence electrons. The zero-order valence-electron chi connectivity index (χ0n) is 25.5. The van der Waals surface area contributed by atoms with E-state index < -0.39 is 0 Å². The molecular weight excluding hydrogens is 596 g/mol. The summed E-state index contributed by atoms with van der Waals surface area (Å²) in [7, 11) is 2.12. The minimum atomic E-state index is -0.242. The van der Waals surface area contributed by atoms with Crippen molar-refractivity contribution in [2.24, 2.45) is 10.7 Å². The molecule has 4 N–H and O–H groups in total. The van der Waals surface area contributed by atoms with Crippen LogP contribution in [0.5, 0.6) is 11.5 Å². The van der Waals surface area contributed by atoms with Gasteiger partial charge >= 0.3 is 0 Å². The van der Waals surface area contributed by atoms with Gasteiger partial charge in [0, 0.05) is 38.2 Å². The zero-order valence-corrected chi connectivity index (χ0v) is 26.3. The summed E-state index contributed by atoms with van der Waals surface area (Å²) in [5.74, 6) is 1.48. The Hall–Kier alpha value is -4.30. The Morgan fingerprint density at radius 2 is 1.84 bits per heavy atom. The van der Waals surface area contributed by atoms with E-state index in [0.29, 0.717) is 37.6 Å². The first-order valence-electron chi connectivity index (χ1n) is 14.3. The van der Waals surface area contributed by atoms with Crippen LogP contribution in [0.2, 0.25) is 0 Å². The first kappa shape index (κ1) is 35.2. The molecule has 0 saturated carbocycles. The van der Waals surface area contributed by atoms with Gasteiger partial charge in [-0.05, 0) is 56.6 Å². The van der Waals surface area contributed by atoms with Gasteiger partial charge in [-0.3, -0.25) is 24.5 Å². The maximum Gasteiger partial charge on any atom is 0.207 e. The lowest BCUT2D eigenvalue weighted by atomic mass is 10.1. The van der Waals surface area contributed by atoms with Crippen LogP contribution in [0.3, 0.4) is 0 Å². The van der Waals surface area contributed by atoms with E-state index in [1.165, 1.54) is 0 Å². The summed E-state index contributed by atoms with van der Waals surface area (Å²) >= 11 is 1.70. The van der Waals surface area contributed by atoms with E-state index in [1.807, 2.05) is 48.5 Å². The number of nitrogens with two attached hydrogens (primary N) is 1. The molecule has 3 aromatic rings. The number of aromatic nitrogens is 1. The van der Waals surface area contributed by atoms with Gasteiger partial charge in [0.1, 0.15) is 23.5 Å². The van der Waals surface area contributed by atoms with Crippen molar-refractivity contribution in [3.8, 4) is 11.5 Å². The van der Waals surface area contributed by atoms with Crippen LogP contribution in [-0.4, -0.2) is 87.4 Å². The van der Waals surface area contributed by atoms with Crippen LogP contribution in [0.1, 0.15) is 18.9 Å². The molecule has 1 spiro atoms. The van der Waals surface area contributed by atoms with Gasteiger partial charge in [-0.15, -0.1) is 0 Å². The van der Waals surface area contributed by atoms with E-state index in [0.717, 1.165) is 65.0 Å². The van der Waals surface area contributed by atoms with Gasteiger partial charge < -0.3 is 35.4 Å². The van der Waals surface area contributed by atoms with Crippen LogP contribution in [-0.2, 0) is 30.3 Å². The number of fused-ring (bicyclic) bond motifs is 2. The quantitative estimate of drug-likeness (QED) is 0.148. The maximum absolute atomic E-state index is 10.5. The molecule has 3 aliphatic heterocycles. The highest BCUT2D eigenvalue weighted by Gasteiger charge is 2.45. The molecule has 1 atom stereocenters. The summed E-state index contributed by atoms with van der Waals surface area (Å²) in [4.78, 5) is 41.3. The first-order chi connectivity index (χ1) is 21.9. The average Bonchev–Trinajstić information content (AvgIpc) is 3.62. The van der Waals surface area contributed by atoms with Gasteiger partial charge in [-0.25, -0.2) is 0 Å². The van der Waals surface area contributed by atoms with Crippen LogP contribution in [0.25, 0.3) is 0 Å². The Labute approximate surface area is 267 Å². The SMILES string of the molecule is C=Nc1cnccc1NCCNC=O.CC1CC2(CN1C)OCCO2.NC=O.O=CCc1ccc2c(c1)Oc1ccccc1S2. The van der Waals surface area contributed by atoms with Gasteiger partial charge in [-0.1, -0.05) is 30.0 Å². The van der Waals surface area contributed by atoms with Crippen molar-refractivity contribution in [2.45, 2.75) is 41.4 Å². The fourth-order valence-corrected chi connectivity index (χ4v) is 5.63. The standard InChI is InChI=1S/C14H10O2S.C9H12N4O.C8H15NO2.CH3NO/c15-8-7-10-5-6-14-12(9-10)16-11-3-1-2-4-13(11)17-14;1-10-9-6-11-3-2-8(9)13-5-4-12-7-14;1-7-5-8(6-9(7)2)10-3-4-11-8;2-1-3/h1-6,8-9H,7H2;2-3,6-7H,1,4-5H2,(H,11,13)(H,12,14);7H,3-6H2,1-2H3;1H,(H2,2,3). The Balaban J connectivity index is 0.000000180. The summed E-state index contributed by atoms with van der Waals surface area (Å²) in [6.45, 7) is 9.31. The molecule has 0 radical (unpaired) electrons. The van der Waals surface area contributed by atoms with Crippen LogP contribution < -0.4 is 21.1 Å². The van der Waals surface area contributed by atoms with E-state index >= 15 is 0 Å². The number of carbonyl (C=O) groups excluding carboxylic acids is 3. The molecule has 1 aromatic heterocycles. The molecule has 2 amide bonds. The minimum absolute atomic E-state index is 0.242. The number of ether oxygens (including phenoxy) is 3. The maximum atomic E-state index is 10.5. The molecule has 2 saturated heterocycles. The fourth-order valence-electron chi connectivity index (χ4n) is 4.70. The Kier molecular flexibility index (Phi) is 14.5. The minimum Gasteiger partial charge on any atom is -0.455 e. The lowest BCUT2D eigenvalue weighted by Gasteiger charge is -2.20. The number of anilines is 1. The van der Waals surface area contributed by atoms with Gasteiger partial charge in [0.25, 0.3) is 0 Å². The average molecular weight is 637 g/mol. The summed E-state index contributed by atoms with van der Waals surface area (Å²) in [6.07, 6.45) is 6.58. The first-order valence-corrected chi connectivity index (χ1v) is 15.2. The zero-order chi connectivity index (χ0) is 32.5. The Morgan fingerprint density at radius 1 is 1.11 bits per heavy atom. The predicted octanol–water partition coefficient (Wildman–Crippen LogP) is 3.81. The molecule has 1 unspecified atom stereocenters. The van der Waals surface area contributed by atoms with Crippen LogP contribution >= 0.6 is 11.8 Å². The number of likely N-dealkylation sites (tertiary alicyclic amines) is 1. The molecule has 45 heavy (non-hydrogen) atoms. The third-order valence-corrected chi connectivity index (χ3v) is 8.03. The summed E-state index contributed by atoms with van der Waals surface area (Å²) in [5, 5.41) is 5.65. The number of carbonyl (C=O) groups is 3. The van der Waals surface area contributed by atoms with Crippen LogP contribution in [0, 0.1) is 0 Å². The molecule has 12 nitrogen and oxygen atoms in total. The van der Waals surface area contributed by atoms with Crippen molar-refractivity contribution < 1.29 is 28.6 Å². The van der Waals surface area contributed by atoms with Crippen molar-refractivity contribution >= 4 is 49.0 Å². The van der Waals surface area contributed by atoms with E-state index in [4.69, 9.17) is 19.0 Å². The van der Waals surface area contributed by atoms with E-state index in [9.17, 15) is 9.59 Å². The van der Waals surface area contributed by atoms with Crippen molar-refractivity contribution in [3.63, 3.8) is 0 Å². The predicted molar refractivity (Wildman–Crippen MR) is 174 cm³/mol. The van der Waals surface area contributed by atoms with Crippen molar-refractivity contribution in [3.05, 3.63) is 66.5 Å². The molecule has 13 heteroatoms. The topological polar surface area (TPSA) is 157 Å². The third-order valence-electron chi connectivity index (χ3n) is 6.92. The number of pyridine rings is 1. The second-order valence-corrected chi connectivity index (χ2v) is 11.1. The number of likely N-dealkylation sites (N-methyl/N-ethyl adjacent to an activating group) is 1. The summed E-state index contributed by atoms with van der Waals surface area (Å²) < 4.78 is 17.0. The number of para-hydroxylation sites is 1. The number of benzene rings is 2. The third kappa shape index (κ3) is 10.7. The normalized spacial score (nSPS) is 16.8. The number of aliphatic imine (C=N–C) groups is 1. The molecule has 6 rings (SSSR count). The highest BCUT2D eigenvalue weighted by Crippen LogP contribution is 2.46. The highest BCUT2D eigenvalue weighted by atomic mass is 32.2. The molecule has 4 heterocycles. The van der Waals surface area contributed by atoms with Crippen LogP contribution in [0.4, 0.5) is 11.4 Å². The smallest absolute Gasteiger partial charge is 0.207 e. The van der Waals surface area contributed by atoms with Crippen molar-refractivity contribution in [1.29, 1.82) is 0 Å². The summed E-state index contributed by atoms with van der Waals surface area (Å²) in [6, 6.07) is 16.3. The lowest BCUT2D eigenvalue weighted by molar-refractivity contribution is -0.144. The lowest BCUT2D eigenvalue weighted by Crippen LogP contribution is -2.32. The van der Waals surface area contributed by atoms with E-state index in [1.54, 1.807) is 24.2 Å². The van der Waals surface area contributed by atoms with Crippen molar-refractivity contribution in [1.82, 2.24) is 15.2 Å².